The number of rotatable bonds is 3. The third kappa shape index (κ3) is 2.29. The standard InChI is InChI=1S/C17H14FNO2/c1-10-3-4-11(7-16(10)21-2)17(20)14-9-19-15-8-12(18)5-6-13(14)15/h3-9,19H,1-2H3. The highest BCUT2D eigenvalue weighted by atomic mass is 19.1. The predicted molar refractivity (Wildman–Crippen MR) is 79.4 cm³/mol. The topological polar surface area (TPSA) is 42.1 Å². The second-order valence-electron chi connectivity index (χ2n) is 4.91. The highest BCUT2D eigenvalue weighted by Crippen LogP contribution is 2.25. The largest absolute Gasteiger partial charge is 0.496 e. The molecule has 3 aromatic rings. The van der Waals surface area contributed by atoms with Gasteiger partial charge in [-0.3, -0.25) is 4.79 Å². The van der Waals surface area contributed by atoms with Gasteiger partial charge in [-0.2, -0.15) is 0 Å². The first-order valence-electron chi connectivity index (χ1n) is 6.56. The summed E-state index contributed by atoms with van der Waals surface area (Å²) in [7, 11) is 1.57. The Hall–Kier alpha value is -2.62. The van der Waals surface area contributed by atoms with E-state index in [0.717, 1.165) is 5.56 Å². The fourth-order valence-corrected chi connectivity index (χ4v) is 2.40. The van der Waals surface area contributed by atoms with E-state index in [9.17, 15) is 9.18 Å². The first kappa shape index (κ1) is 13.4. The number of methoxy groups -OCH3 is 1. The molecular weight excluding hydrogens is 269 g/mol. The number of ether oxygens (including phenoxy) is 1. The summed E-state index contributed by atoms with van der Waals surface area (Å²) >= 11 is 0. The summed E-state index contributed by atoms with van der Waals surface area (Å²) in [4.78, 5) is 15.5. The SMILES string of the molecule is COc1cc(C(=O)c2c[nH]c3cc(F)ccc23)ccc1C. The Morgan fingerprint density at radius 3 is 2.76 bits per heavy atom. The zero-order chi connectivity index (χ0) is 15.0. The molecule has 106 valence electrons. The van der Waals surface area contributed by atoms with Crippen molar-refractivity contribution in [3.8, 4) is 5.75 Å². The Labute approximate surface area is 121 Å². The Morgan fingerprint density at radius 2 is 2.00 bits per heavy atom. The molecule has 0 unspecified atom stereocenters. The number of H-pyrrole nitrogens is 1. The summed E-state index contributed by atoms with van der Waals surface area (Å²) in [6.45, 7) is 1.92. The van der Waals surface area contributed by atoms with E-state index in [1.165, 1.54) is 12.1 Å². The number of aromatic amines is 1. The number of hydrogen-bond donors (Lipinski definition) is 1. The van der Waals surface area contributed by atoms with Crippen LogP contribution in [0.2, 0.25) is 0 Å². The number of fused-ring (bicyclic) bond motifs is 1. The normalized spacial score (nSPS) is 10.8. The Kier molecular flexibility index (Phi) is 3.22. The number of nitrogens with one attached hydrogen (secondary N) is 1. The van der Waals surface area contributed by atoms with Crippen molar-refractivity contribution in [1.29, 1.82) is 0 Å². The molecule has 0 fully saturated rings. The van der Waals surface area contributed by atoms with E-state index >= 15 is 0 Å². The molecule has 0 amide bonds. The van der Waals surface area contributed by atoms with Crippen molar-refractivity contribution in [2.75, 3.05) is 7.11 Å². The highest BCUT2D eigenvalue weighted by Gasteiger charge is 2.15. The summed E-state index contributed by atoms with van der Waals surface area (Å²) in [6, 6.07) is 9.67. The molecule has 0 bridgehead atoms. The fourth-order valence-electron chi connectivity index (χ4n) is 2.40. The molecule has 1 N–H and O–H groups in total. The van der Waals surface area contributed by atoms with Crippen LogP contribution in [0.4, 0.5) is 4.39 Å². The van der Waals surface area contributed by atoms with Gasteiger partial charge in [0.05, 0.1) is 7.11 Å². The molecule has 3 nitrogen and oxygen atoms in total. The molecule has 1 heterocycles. The molecule has 4 heteroatoms. The maximum atomic E-state index is 13.2. The van der Waals surface area contributed by atoms with Crippen molar-refractivity contribution < 1.29 is 13.9 Å². The average Bonchev–Trinajstić information content (AvgIpc) is 2.89. The van der Waals surface area contributed by atoms with Crippen molar-refractivity contribution in [1.82, 2.24) is 4.98 Å². The van der Waals surface area contributed by atoms with Crippen LogP contribution in [-0.2, 0) is 0 Å². The van der Waals surface area contributed by atoms with Crippen LogP contribution >= 0.6 is 0 Å². The lowest BCUT2D eigenvalue weighted by Gasteiger charge is -2.06. The number of hydrogen-bond acceptors (Lipinski definition) is 2. The third-order valence-electron chi connectivity index (χ3n) is 3.56. The van der Waals surface area contributed by atoms with Gasteiger partial charge in [-0.1, -0.05) is 12.1 Å². The van der Waals surface area contributed by atoms with Crippen LogP contribution in [0.25, 0.3) is 10.9 Å². The monoisotopic (exact) mass is 283 g/mol. The number of carbonyl (C=O) groups excluding carboxylic acids is 1. The zero-order valence-corrected chi connectivity index (χ0v) is 11.7. The van der Waals surface area contributed by atoms with Gasteiger partial charge in [-0.25, -0.2) is 4.39 Å². The van der Waals surface area contributed by atoms with Crippen molar-refractivity contribution in [2.45, 2.75) is 6.92 Å². The summed E-state index contributed by atoms with van der Waals surface area (Å²) in [5.74, 6) is 0.221. The van der Waals surface area contributed by atoms with Gasteiger partial charge in [-0.05, 0) is 36.8 Å². The fraction of sp³-hybridized carbons (Fsp3) is 0.118. The molecule has 0 saturated heterocycles. The molecule has 0 aliphatic rings. The smallest absolute Gasteiger partial charge is 0.195 e. The number of aryl methyl sites for hydroxylation is 1. The van der Waals surface area contributed by atoms with E-state index < -0.39 is 0 Å². The molecule has 0 aliphatic heterocycles. The maximum absolute atomic E-state index is 13.2. The van der Waals surface area contributed by atoms with Crippen molar-refractivity contribution in [2.24, 2.45) is 0 Å². The lowest BCUT2D eigenvalue weighted by atomic mass is 10.0. The van der Waals surface area contributed by atoms with Crippen molar-refractivity contribution in [3.05, 3.63) is 65.1 Å². The van der Waals surface area contributed by atoms with Crippen LogP contribution in [0, 0.1) is 12.7 Å². The minimum absolute atomic E-state index is 0.119. The second-order valence-corrected chi connectivity index (χ2v) is 4.91. The van der Waals surface area contributed by atoms with E-state index in [4.69, 9.17) is 4.74 Å². The number of aromatic nitrogens is 1. The molecule has 0 aliphatic carbocycles. The lowest BCUT2D eigenvalue weighted by Crippen LogP contribution is -2.01. The van der Waals surface area contributed by atoms with Crippen LogP contribution < -0.4 is 4.74 Å². The Bertz CT molecular complexity index is 836. The molecule has 0 radical (unpaired) electrons. The van der Waals surface area contributed by atoms with Gasteiger partial charge >= 0.3 is 0 Å². The average molecular weight is 283 g/mol. The zero-order valence-electron chi connectivity index (χ0n) is 11.7. The van der Waals surface area contributed by atoms with E-state index in [1.54, 1.807) is 31.5 Å². The van der Waals surface area contributed by atoms with E-state index in [-0.39, 0.29) is 11.6 Å². The minimum atomic E-state index is -0.333. The number of carbonyl (C=O) groups is 1. The summed E-state index contributed by atoms with van der Waals surface area (Å²) in [5, 5.41) is 0.709. The molecule has 2 aromatic carbocycles. The molecule has 0 saturated carbocycles. The van der Waals surface area contributed by atoms with Crippen LogP contribution in [-0.4, -0.2) is 17.9 Å². The van der Waals surface area contributed by atoms with Crippen molar-refractivity contribution in [3.63, 3.8) is 0 Å². The number of benzene rings is 2. The van der Waals surface area contributed by atoms with E-state index in [1.807, 2.05) is 13.0 Å². The highest BCUT2D eigenvalue weighted by molar-refractivity contribution is 6.16. The minimum Gasteiger partial charge on any atom is -0.496 e. The predicted octanol–water partition coefficient (Wildman–Crippen LogP) is 3.86. The summed E-state index contributed by atoms with van der Waals surface area (Å²) in [6.07, 6.45) is 1.61. The quantitative estimate of drug-likeness (QED) is 0.742. The van der Waals surface area contributed by atoms with E-state index in [2.05, 4.69) is 4.98 Å². The molecular formula is C17H14FNO2. The van der Waals surface area contributed by atoms with Gasteiger partial charge in [0.25, 0.3) is 0 Å². The second kappa shape index (κ2) is 5.05. The van der Waals surface area contributed by atoms with Gasteiger partial charge in [0.15, 0.2) is 5.78 Å². The molecule has 3 rings (SSSR count). The first-order chi connectivity index (χ1) is 10.1. The summed E-state index contributed by atoms with van der Waals surface area (Å²) in [5.41, 5.74) is 2.64. The number of ketones is 1. The molecule has 0 spiro atoms. The van der Waals surface area contributed by atoms with Gasteiger partial charge in [-0.15, -0.1) is 0 Å². The first-order valence-corrected chi connectivity index (χ1v) is 6.56. The van der Waals surface area contributed by atoms with Gasteiger partial charge in [0, 0.05) is 28.2 Å². The Morgan fingerprint density at radius 1 is 1.19 bits per heavy atom. The Balaban J connectivity index is 2.08. The maximum Gasteiger partial charge on any atom is 0.195 e. The molecule has 0 atom stereocenters. The molecule has 21 heavy (non-hydrogen) atoms. The van der Waals surface area contributed by atoms with Gasteiger partial charge in [0.2, 0.25) is 0 Å². The van der Waals surface area contributed by atoms with E-state index in [0.29, 0.717) is 27.8 Å². The van der Waals surface area contributed by atoms with Crippen LogP contribution in [0.1, 0.15) is 21.5 Å². The van der Waals surface area contributed by atoms with Crippen LogP contribution in [0.3, 0.4) is 0 Å². The lowest BCUT2D eigenvalue weighted by molar-refractivity contribution is 0.104. The van der Waals surface area contributed by atoms with Crippen molar-refractivity contribution >= 4 is 16.7 Å². The molecule has 1 aromatic heterocycles. The third-order valence-corrected chi connectivity index (χ3v) is 3.56. The van der Waals surface area contributed by atoms with Gasteiger partial charge in [0.1, 0.15) is 11.6 Å². The van der Waals surface area contributed by atoms with Crippen LogP contribution in [0.15, 0.2) is 42.6 Å². The van der Waals surface area contributed by atoms with Crippen LogP contribution in [0.5, 0.6) is 5.75 Å². The van der Waals surface area contributed by atoms with Gasteiger partial charge < -0.3 is 9.72 Å². The number of halogens is 1. The summed E-state index contributed by atoms with van der Waals surface area (Å²) < 4.78 is 18.4.